The van der Waals surface area contributed by atoms with Crippen molar-refractivity contribution < 1.29 is 23.5 Å². The van der Waals surface area contributed by atoms with E-state index in [1.807, 2.05) is 0 Å². The van der Waals surface area contributed by atoms with Crippen LogP contribution in [0.15, 0.2) is 18.2 Å². The summed E-state index contributed by atoms with van der Waals surface area (Å²) in [7, 11) is 0. The number of hydrogen-bond acceptors (Lipinski definition) is 3. The number of benzene rings is 1. The molecular weight excluding hydrogens is 306 g/mol. The predicted molar refractivity (Wildman–Crippen MR) is 81.4 cm³/mol. The van der Waals surface area contributed by atoms with Crippen molar-refractivity contribution in [1.82, 2.24) is 10.6 Å². The van der Waals surface area contributed by atoms with Gasteiger partial charge in [0.05, 0.1) is 5.56 Å². The summed E-state index contributed by atoms with van der Waals surface area (Å²) in [4.78, 5) is 23.2. The van der Waals surface area contributed by atoms with E-state index in [2.05, 4.69) is 10.6 Å². The van der Waals surface area contributed by atoms with Crippen molar-refractivity contribution in [3.63, 3.8) is 0 Å². The Bertz CT molecular complexity index is 551. The van der Waals surface area contributed by atoms with E-state index in [1.54, 1.807) is 20.8 Å². The summed E-state index contributed by atoms with van der Waals surface area (Å²) in [6.45, 7) is 5.08. The molecule has 1 atom stereocenters. The van der Waals surface area contributed by atoms with E-state index in [4.69, 9.17) is 0 Å². The Labute approximate surface area is 134 Å². The first-order chi connectivity index (χ1) is 10.6. The third kappa shape index (κ3) is 5.94. The highest BCUT2D eigenvalue weighted by atomic mass is 19.1. The zero-order chi connectivity index (χ0) is 17.6. The molecule has 0 aliphatic carbocycles. The number of amides is 2. The largest absolute Gasteiger partial charge is 0.386 e. The summed E-state index contributed by atoms with van der Waals surface area (Å²) in [6, 6.07) is 3.26. The first kappa shape index (κ1) is 19.0. The van der Waals surface area contributed by atoms with Crippen LogP contribution in [0.2, 0.25) is 0 Å². The maximum atomic E-state index is 13.5. The summed E-state index contributed by atoms with van der Waals surface area (Å²) in [6.07, 6.45) is -1.47. The van der Waals surface area contributed by atoms with Crippen LogP contribution in [0, 0.1) is 17.0 Å². The van der Waals surface area contributed by atoms with Gasteiger partial charge in [-0.25, -0.2) is 8.78 Å². The Morgan fingerprint density at radius 3 is 2.26 bits per heavy atom. The maximum absolute atomic E-state index is 13.5. The van der Waals surface area contributed by atoms with Crippen LogP contribution in [0.25, 0.3) is 0 Å². The lowest BCUT2D eigenvalue weighted by atomic mass is 9.96. The molecule has 0 aliphatic rings. The molecular formula is C16H22F2N2O3. The monoisotopic (exact) mass is 328 g/mol. The number of halogens is 2. The van der Waals surface area contributed by atoms with Gasteiger partial charge in [0.15, 0.2) is 0 Å². The fourth-order valence-corrected chi connectivity index (χ4v) is 1.78. The van der Waals surface area contributed by atoms with Gasteiger partial charge in [-0.15, -0.1) is 0 Å². The molecule has 0 aromatic heterocycles. The second-order valence-electron chi connectivity index (χ2n) is 6.21. The predicted octanol–water partition coefficient (Wildman–Crippen LogP) is 1.67. The molecule has 1 rings (SSSR count). The normalized spacial score (nSPS) is 12.6. The molecule has 0 spiro atoms. The molecule has 0 bridgehead atoms. The van der Waals surface area contributed by atoms with Gasteiger partial charge >= 0.3 is 0 Å². The molecule has 0 fully saturated rings. The Morgan fingerprint density at radius 2 is 1.74 bits per heavy atom. The molecule has 3 N–H and O–H groups in total. The Kier molecular flexibility index (Phi) is 6.62. The van der Waals surface area contributed by atoms with E-state index in [-0.39, 0.29) is 25.4 Å². The molecule has 1 aromatic carbocycles. The van der Waals surface area contributed by atoms with Crippen LogP contribution in [-0.4, -0.2) is 30.0 Å². The van der Waals surface area contributed by atoms with Gasteiger partial charge in [0.2, 0.25) is 11.8 Å². The molecule has 0 saturated carbocycles. The van der Waals surface area contributed by atoms with E-state index in [0.717, 1.165) is 12.1 Å². The van der Waals surface area contributed by atoms with Crippen molar-refractivity contribution in [1.29, 1.82) is 0 Å². The summed E-state index contributed by atoms with van der Waals surface area (Å²) < 4.78 is 26.9. The minimum absolute atomic E-state index is 0.00823. The van der Waals surface area contributed by atoms with Crippen molar-refractivity contribution in [3.8, 4) is 0 Å². The van der Waals surface area contributed by atoms with Crippen LogP contribution in [0.4, 0.5) is 8.78 Å². The van der Waals surface area contributed by atoms with Gasteiger partial charge in [-0.1, -0.05) is 26.8 Å². The SMILES string of the molecule is CC(C)(C)C(=O)NCCC(=O)NCC(O)c1c(F)cccc1F. The zero-order valence-electron chi connectivity index (χ0n) is 13.5. The fourth-order valence-electron chi connectivity index (χ4n) is 1.78. The summed E-state index contributed by atoms with van der Waals surface area (Å²) in [5.74, 6) is -2.36. The molecule has 5 nitrogen and oxygen atoms in total. The molecule has 1 unspecified atom stereocenters. The Morgan fingerprint density at radius 1 is 1.17 bits per heavy atom. The lowest BCUT2D eigenvalue weighted by Gasteiger charge is -2.17. The molecule has 0 aliphatic heterocycles. The number of carbonyl (C=O) groups excluding carboxylic acids is 2. The Balaban J connectivity index is 2.40. The van der Waals surface area contributed by atoms with Crippen LogP contribution in [-0.2, 0) is 9.59 Å². The maximum Gasteiger partial charge on any atom is 0.225 e. The minimum atomic E-state index is -1.48. The average Bonchev–Trinajstić information content (AvgIpc) is 2.43. The molecule has 23 heavy (non-hydrogen) atoms. The molecule has 7 heteroatoms. The first-order valence-electron chi connectivity index (χ1n) is 7.30. The van der Waals surface area contributed by atoms with Gasteiger partial charge in [0.25, 0.3) is 0 Å². The van der Waals surface area contributed by atoms with Crippen LogP contribution < -0.4 is 10.6 Å². The third-order valence-electron chi connectivity index (χ3n) is 3.14. The number of hydrogen-bond donors (Lipinski definition) is 3. The number of carbonyl (C=O) groups is 2. The zero-order valence-corrected chi connectivity index (χ0v) is 13.5. The van der Waals surface area contributed by atoms with Crippen molar-refractivity contribution >= 4 is 11.8 Å². The molecule has 128 valence electrons. The lowest BCUT2D eigenvalue weighted by Crippen LogP contribution is -2.38. The number of aliphatic hydroxyl groups excluding tert-OH is 1. The summed E-state index contributed by atoms with van der Waals surface area (Å²) in [5.41, 5.74) is -1.02. The second kappa shape index (κ2) is 8.01. The van der Waals surface area contributed by atoms with Crippen LogP contribution in [0.3, 0.4) is 0 Å². The van der Waals surface area contributed by atoms with Gasteiger partial charge in [-0.2, -0.15) is 0 Å². The van der Waals surface area contributed by atoms with Crippen molar-refractivity contribution in [2.24, 2.45) is 5.41 Å². The molecule has 0 saturated heterocycles. The van der Waals surface area contributed by atoms with Crippen molar-refractivity contribution in [2.75, 3.05) is 13.1 Å². The molecule has 0 radical (unpaired) electrons. The third-order valence-corrected chi connectivity index (χ3v) is 3.14. The van der Waals surface area contributed by atoms with Crippen LogP contribution in [0.5, 0.6) is 0 Å². The lowest BCUT2D eigenvalue weighted by molar-refractivity contribution is -0.128. The van der Waals surface area contributed by atoms with Crippen LogP contribution >= 0.6 is 0 Å². The second-order valence-corrected chi connectivity index (χ2v) is 6.21. The highest BCUT2D eigenvalue weighted by Crippen LogP contribution is 2.19. The smallest absolute Gasteiger partial charge is 0.225 e. The van der Waals surface area contributed by atoms with Crippen molar-refractivity contribution in [2.45, 2.75) is 33.3 Å². The van der Waals surface area contributed by atoms with Gasteiger partial charge in [0.1, 0.15) is 17.7 Å². The number of nitrogens with one attached hydrogen (secondary N) is 2. The van der Waals surface area contributed by atoms with E-state index >= 15 is 0 Å². The van der Waals surface area contributed by atoms with Gasteiger partial charge < -0.3 is 15.7 Å². The number of rotatable bonds is 6. The minimum Gasteiger partial charge on any atom is -0.386 e. The summed E-state index contributed by atoms with van der Waals surface area (Å²) in [5, 5.41) is 14.8. The highest BCUT2D eigenvalue weighted by Gasteiger charge is 2.21. The van der Waals surface area contributed by atoms with E-state index in [1.165, 1.54) is 6.07 Å². The highest BCUT2D eigenvalue weighted by molar-refractivity contribution is 5.82. The fraction of sp³-hybridized carbons (Fsp3) is 0.500. The quantitative estimate of drug-likeness (QED) is 0.743. The molecule has 2 amide bonds. The topological polar surface area (TPSA) is 78.4 Å². The molecule has 0 heterocycles. The first-order valence-corrected chi connectivity index (χ1v) is 7.30. The molecule has 1 aromatic rings. The van der Waals surface area contributed by atoms with E-state index in [0.29, 0.717) is 0 Å². The number of aliphatic hydroxyl groups is 1. The standard InChI is InChI=1S/C16H22F2N2O3/c1-16(2,3)15(23)19-8-7-13(22)20-9-12(21)14-10(17)5-4-6-11(14)18/h4-6,12,21H,7-9H2,1-3H3,(H,19,23)(H,20,22). The van der Waals surface area contributed by atoms with E-state index < -0.39 is 34.6 Å². The van der Waals surface area contributed by atoms with E-state index in [9.17, 15) is 23.5 Å². The Hall–Kier alpha value is -2.02. The van der Waals surface area contributed by atoms with Crippen LogP contribution in [0.1, 0.15) is 38.9 Å². The van der Waals surface area contributed by atoms with Crippen molar-refractivity contribution in [3.05, 3.63) is 35.4 Å². The van der Waals surface area contributed by atoms with Gasteiger partial charge in [-0.3, -0.25) is 9.59 Å². The van der Waals surface area contributed by atoms with Gasteiger partial charge in [-0.05, 0) is 12.1 Å². The average molecular weight is 328 g/mol. The van der Waals surface area contributed by atoms with Gasteiger partial charge in [0, 0.05) is 24.9 Å². The summed E-state index contributed by atoms with van der Waals surface area (Å²) >= 11 is 0.